The number of benzene rings is 1. The Hall–Kier alpha value is -2.40. The van der Waals surface area contributed by atoms with Crippen molar-refractivity contribution in [3.05, 3.63) is 58.6 Å². The lowest BCUT2D eigenvalue weighted by molar-refractivity contribution is 0.0528. The maximum absolute atomic E-state index is 13.7. The Morgan fingerprint density at radius 3 is 2.87 bits per heavy atom. The normalized spacial score (nSPS) is 11.0. The van der Waals surface area contributed by atoms with Gasteiger partial charge in [-0.05, 0) is 43.7 Å². The highest BCUT2D eigenvalue weighted by atomic mass is 35.5. The van der Waals surface area contributed by atoms with Gasteiger partial charge in [-0.15, -0.1) is 0 Å². The predicted octanol–water partition coefficient (Wildman–Crippen LogP) is 4.28. The molecule has 2 aromatic heterocycles. The Bertz CT molecular complexity index is 885. The van der Waals surface area contributed by atoms with E-state index in [1.807, 2.05) is 13.0 Å². The molecule has 6 heteroatoms. The Balaban J connectivity index is 2.22. The van der Waals surface area contributed by atoms with E-state index in [4.69, 9.17) is 16.3 Å². The van der Waals surface area contributed by atoms with Crippen molar-refractivity contribution in [3.8, 4) is 11.4 Å². The molecule has 0 bridgehead atoms. The van der Waals surface area contributed by atoms with Gasteiger partial charge in [0.1, 0.15) is 17.2 Å². The molecule has 0 N–H and O–H groups in total. The van der Waals surface area contributed by atoms with E-state index >= 15 is 0 Å². The Morgan fingerprint density at radius 2 is 2.17 bits per heavy atom. The second-order valence-corrected chi connectivity index (χ2v) is 5.52. The van der Waals surface area contributed by atoms with Gasteiger partial charge in [-0.1, -0.05) is 11.6 Å². The van der Waals surface area contributed by atoms with Crippen LogP contribution in [0.1, 0.15) is 22.8 Å². The van der Waals surface area contributed by atoms with Crippen molar-refractivity contribution in [1.29, 1.82) is 0 Å². The van der Waals surface area contributed by atoms with Crippen molar-refractivity contribution in [2.24, 2.45) is 0 Å². The Morgan fingerprint density at radius 1 is 1.39 bits per heavy atom. The number of hydrogen-bond donors (Lipinski definition) is 0. The fraction of sp³-hybridized carbons (Fsp3) is 0.176. The molecule has 0 saturated heterocycles. The molecule has 3 aromatic rings. The monoisotopic (exact) mass is 332 g/mol. The Labute approximate surface area is 137 Å². The van der Waals surface area contributed by atoms with Crippen LogP contribution < -0.4 is 0 Å². The lowest BCUT2D eigenvalue weighted by atomic mass is 10.1. The van der Waals surface area contributed by atoms with Gasteiger partial charge >= 0.3 is 5.97 Å². The van der Waals surface area contributed by atoms with Crippen molar-refractivity contribution >= 4 is 23.1 Å². The van der Waals surface area contributed by atoms with Crippen molar-refractivity contribution < 1.29 is 13.9 Å². The first-order valence-electron chi connectivity index (χ1n) is 7.11. The summed E-state index contributed by atoms with van der Waals surface area (Å²) < 4.78 is 20.4. The highest BCUT2D eigenvalue weighted by Gasteiger charge is 2.19. The molecule has 0 amide bonds. The molecule has 0 spiro atoms. The first kappa shape index (κ1) is 15.5. The third-order valence-corrected chi connectivity index (χ3v) is 3.76. The number of ether oxygens (including phenoxy) is 1. The molecule has 2 heterocycles. The van der Waals surface area contributed by atoms with Gasteiger partial charge < -0.3 is 4.74 Å². The van der Waals surface area contributed by atoms with Crippen molar-refractivity contribution in [1.82, 2.24) is 9.38 Å². The van der Waals surface area contributed by atoms with Gasteiger partial charge in [0.15, 0.2) is 0 Å². The predicted molar refractivity (Wildman–Crippen MR) is 86.3 cm³/mol. The number of esters is 1. The van der Waals surface area contributed by atoms with Crippen LogP contribution in [0.25, 0.3) is 16.9 Å². The molecule has 1 aromatic carbocycles. The summed E-state index contributed by atoms with van der Waals surface area (Å²) in [5, 5.41) is 0.290. The largest absolute Gasteiger partial charge is 0.462 e. The molecule has 0 unspecified atom stereocenters. The maximum atomic E-state index is 13.7. The van der Waals surface area contributed by atoms with E-state index in [1.54, 1.807) is 23.6 Å². The van der Waals surface area contributed by atoms with Crippen molar-refractivity contribution in [2.75, 3.05) is 6.61 Å². The van der Waals surface area contributed by atoms with Gasteiger partial charge in [0.25, 0.3) is 0 Å². The number of fused-ring (bicyclic) bond motifs is 1. The molecule has 0 aliphatic carbocycles. The first-order chi connectivity index (χ1) is 11.0. The fourth-order valence-electron chi connectivity index (χ4n) is 2.53. The third kappa shape index (κ3) is 2.80. The van der Waals surface area contributed by atoms with Gasteiger partial charge in [-0.2, -0.15) is 0 Å². The molecule has 3 rings (SSSR count). The van der Waals surface area contributed by atoms with Crippen LogP contribution in [0, 0.1) is 12.7 Å². The molecule has 23 heavy (non-hydrogen) atoms. The van der Waals surface area contributed by atoms with Crippen LogP contribution in [0.15, 0.2) is 36.7 Å². The molecule has 0 atom stereocenters. The second-order valence-electron chi connectivity index (χ2n) is 5.11. The number of pyridine rings is 1. The van der Waals surface area contributed by atoms with Gasteiger partial charge in [-0.3, -0.25) is 4.40 Å². The van der Waals surface area contributed by atoms with Crippen LogP contribution in [0.5, 0.6) is 0 Å². The minimum atomic E-state index is -0.509. The lowest BCUT2D eigenvalue weighted by Crippen LogP contribution is -2.07. The van der Waals surface area contributed by atoms with E-state index in [0.717, 1.165) is 5.56 Å². The van der Waals surface area contributed by atoms with Crippen LogP contribution in [0.2, 0.25) is 5.02 Å². The average molecular weight is 333 g/mol. The zero-order valence-corrected chi connectivity index (χ0v) is 13.4. The topological polar surface area (TPSA) is 43.6 Å². The molecule has 0 saturated carbocycles. The first-order valence-corrected chi connectivity index (χ1v) is 7.49. The number of hydrogen-bond acceptors (Lipinski definition) is 3. The van der Waals surface area contributed by atoms with E-state index in [0.29, 0.717) is 16.9 Å². The number of rotatable bonds is 3. The second kappa shape index (κ2) is 6.01. The molecule has 0 radical (unpaired) electrons. The summed E-state index contributed by atoms with van der Waals surface area (Å²) in [5.41, 5.74) is 2.19. The number of carbonyl (C=O) groups excluding carboxylic acids is 1. The highest BCUT2D eigenvalue weighted by molar-refractivity contribution is 6.34. The summed E-state index contributed by atoms with van der Waals surface area (Å²) in [6.07, 6.45) is 3.23. The van der Waals surface area contributed by atoms with Crippen molar-refractivity contribution in [3.63, 3.8) is 0 Å². The molecule has 118 valence electrons. The molecular weight excluding hydrogens is 319 g/mol. The Kier molecular flexibility index (Phi) is 4.05. The molecular formula is C17H14ClFN2O2. The summed E-state index contributed by atoms with van der Waals surface area (Å²) >= 11 is 6.14. The fourth-order valence-corrected chi connectivity index (χ4v) is 2.76. The number of halogens is 2. The van der Waals surface area contributed by atoms with E-state index in [9.17, 15) is 9.18 Å². The summed E-state index contributed by atoms with van der Waals surface area (Å²) in [7, 11) is 0. The van der Waals surface area contributed by atoms with Gasteiger partial charge in [-0.25, -0.2) is 14.2 Å². The smallest absolute Gasteiger partial charge is 0.341 e. The molecule has 4 nitrogen and oxygen atoms in total. The van der Waals surface area contributed by atoms with Gasteiger partial charge in [0.05, 0.1) is 23.3 Å². The number of nitrogens with zero attached hydrogens (tertiary/aromatic N) is 2. The quantitative estimate of drug-likeness (QED) is 0.672. The van der Waals surface area contributed by atoms with Crippen LogP contribution in [0.3, 0.4) is 0 Å². The summed E-state index contributed by atoms with van der Waals surface area (Å²) in [5.74, 6) is -0.314. The summed E-state index contributed by atoms with van der Waals surface area (Å²) in [6.45, 7) is 3.78. The van der Waals surface area contributed by atoms with E-state index in [1.165, 1.54) is 18.3 Å². The van der Waals surface area contributed by atoms with Crippen molar-refractivity contribution in [2.45, 2.75) is 13.8 Å². The summed E-state index contributed by atoms with van der Waals surface area (Å²) in [6, 6.07) is 6.27. The van der Waals surface area contributed by atoms with E-state index in [-0.39, 0.29) is 23.0 Å². The standard InChI is InChI=1S/C17H14ClFN2O2/c1-3-23-17(22)15-13(18)4-5-21-14(15)9-20-16(21)11-6-10(2)7-12(19)8-11/h4-9H,3H2,1-2H3. The van der Waals surface area contributed by atoms with E-state index < -0.39 is 5.97 Å². The molecule has 0 aliphatic heterocycles. The highest BCUT2D eigenvalue weighted by Crippen LogP contribution is 2.27. The summed E-state index contributed by atoms with van der Waals surface area (Å²) in [4.78, 5) is 16.4. The minimum Gasteiger partial charge on any atom is -0.462 e. The zero-order chi connectivity index (χ0) is 16.6. The minimum absolute atomic E-state index is 0.250. The van der Waals surface area contributed by atoms with Gasteiger partial charge in [0, 0.05) is 11.8 Å². The van der Waals surface area contributed by atoms with E-state index in [2.05, 4.69) is 4.98 Å². The number of imidazole rings is 1. The molecule has 0 aliphatic rings. The number of carbonyl (C=O) groups is 1. The van der Waals surface area contributed by atoms with Gasteiger partial charge in [0.2, 0.25) is 0 Å². The van der Waals surface area contributed by atoms with Crippen LogP contribution >= 0.6 is 11.6 Å². The lowest BCUT2D eigenvalue weighted by Gasteiger charge is -2.08. The van der Waals surface area contributed by atoms with Crippen LogP contribution in [-0.2, 0) is 4.74 Å². The van der Waals surface area contributed by atoms with Crippen LogP contribution in [-0.4, -0.2) is 22.0 Å². The third-order valence-electron chi connectivity index (χ3n) is 3.44. The number of aromatic nitrogens is 2. The molecule has 0 fully saturated rings. The maximum Gasteiger partial charge on any atom is 0.341 e. The average Bonchev–Trinajstić information content (AvgIpc) is 2.90. The number of aryl methyl sites for hydroxylation is 1. The van der Waals surface area contributed by atoms with Crippen LogP contribution in [0.4, 0.5) is 4.39 Å². The SMILES string of the molecule is CCOC(=O)c1c(Cl)ccn2c(-c3cc(C)cc(F)c3)ncc12. The zero-order valence-electron chi connectivity index (χ0n) is 12.6.